The Morgan fingerprint density at radius 1 is 1.30 bits per heavy atom. The molecule has 2 unspecified atom stereocenters. The molecule has 1 aromatic carbocycles. The van der Waals surface area contributed by atoms with Crippen LogP contribution in [0.2, 0.25) is 0 Å². The molecule has 2 atom stereocenters. The number of piperidine rings is 1. The first-order valence-electron chi connectivity index (χ1n) is 7.30. The van der Waals surface area contributed by atoms with E-state index in [2.05, 4.69) is 4.90 Å². The molecule has 1 aromatic rings. The van der Waals surface area contributed by atoms with Crippen molar-refractivity contribution in [3.05, 3.63) is 33.9 Å². The zero-order chi connectivity index (χ0) is 14.1. The summed E-state index contributed by atoms with van der Waals surface area (Å²) < 4.78 is 0. The Labute approximate surface area is 123 Å². The zero-order valence-electron chi connectivity index (χ0n) is 11.4. The summed E-state index contributed by atoms with van der Waals surface area (Å²) in [5.74, 6) is 1.12. The monoisotopic (exact) mass is 294 g/mol. The van der Waals surface area contributed by atoms with Crippen molar-refractivity contribution in [2.45, 2.75) is 44.0 Å². The van der Waals surface area contributed by atoms with Gasteiger partial charge in [0.15, 0.2) is 0 Å². The fourth-order valence-corrected chi connectivity index (χ4v) is 4.04. The highest BCUT2D eigenvalue weighted by Gasteiger charge is 2.35. The lowest BCUT2D eigenvalue weighted by Crippen LogP contribution is -2.43. The van der Waals surface area contributed by atoms with Gasteiger partial charge in [-0.3, -0.25) is 10.1 Å². The number of benzene rings is 1. The number of alkyl halides is 1. The number of non-ortho nitro benzene ring substituents is 1. The van der Waals surface area contributed by atoms with Gasteiger partial charge in [-0.2, -0.15) is 0 Å². The van der Waals surface area contributed by atoms with E-state index in [1.165, 1.54) is 32.1 Å². The number of nitro groups is 1. The van der Waals surface area contributed by atoms with Crippen molar-refractivity contribution in [1.82, 2.24) is 0 Å². The number of fused-ring (bicyclic) bond motifs is 1. The Bertz CT molecular complexity index is 521. The predicted molar refractivity (Wildman–Crippen MR) is 80.4 cm³/mol. The molecule has 0 spiro atoms. The van der Waals surface area contributed by atoms with Crippen molar-refractivity contribution in [1.29, 1.82) is 0 Å². The Hall–Kier alpha value is -1.29. The smallest absolute Gasteiger partial charge is 0.269 e. The van der Waals surface area contributed by atoms with E-state index in [9.17, 15) is 10.1 Å². The van der Waals surface area contributed by atoms with E-state index in [0.29, 0.717) is 11.9 Å². The predicted octanol–water partition coefficient (Wildman–Crippen LogP) is 4.10. The number of anilines is 1. The highest BCUT2D eigenvalue weighted by molar-refractivity contribution is 6.17. The maximum atomic E-state index is 10.9. The van der Waals surface area contributed by atoms with Crippen molar-refractivity contribution in [3.8, 4) is 0 Å². The molecule has 0 radical (unpaired) electrons. The van der Waals surface area contributed by atoms with Gasteiger partial charge in [0.05, 0.1) is 4.92 Å². The average Bonchev–Trinajstić information content (AvgIpc) is 2.94. The average molecular weight is 295 g/mol. The summed E-state index contributed by atoms with van der Waals surface area (Å²) in [6, 6.07) is 5.72. The number of hydrogen-bond acceptors (Lipinski definition) is 3. The van der Waals surface area contributed by atoms with E-state index in [4.69, 9.17) is 11.6 Å². The molecule has 1 aliphatic carbocycles. The molecular weight excluding hydrogens is 276 g/mol. The molecule has 0 aromatic heterocycles. The topological polar surface area (TPSA) is 46.4 Å². The van der Waals surface area contributed by atoms with E-state index < -0.39 is 0 Å². The SMILES string of the molecule is O=[N+]([O-])c1ccc(N2CCCC3CCCC32)c(CCl)c1. The van der Waals surface area contributed by atoms with Crippen molar-refractivity contribution in [2.24, 2.45) is 5.92 Å². The van der Waals surface area contributed by atoms with Gasteiger partial charge in [-0.15, -0.1) is 11.6 Å². The molecule has 3 rings (SSSR count). The van der Waals surface area contributed by atoms with Crippen molar-refractivity contribution in [2.75, 3.05) is 11.4 Å². The third-order valence-corrected chi connectivity index (χ3v) is 5.01. The largest absolute Gasteiger partial charge is 0.368 e. The molecule has 20 heavy (non-hydrogen) atoms. The first-order valence-corrected chi connectivity index (χ1v) is 7.84. The van der Waals surface area contributed by atoms with Crippen LogP contribution in [0.3, 0.4) is 0 Å². The van der Waals surface area contributed by atoms with Crippen LogP contribution in [-0.2, 0) is 5.88 Å². The minimum atomic E-state index is -0.353. The highest BCUT2D eigenvalue weighted by Crippen LogP contribution is 2.40. The molecular formula is C15H19ClN2O2. The quantitative estimate of drug-likeness (QED) is 0.479. The van der Waals surface area contributed by atoms with E-state index in [0.717, 1.165) is 23.7 Å². The third-order valence-electron chi connectivity index (χ3n) is 4.72. The van der Waals surface area contributed by atoms with E-state index in [1.807, 2.05) is 6.07 Å². The van der Waals surface area contributed by atoms with Crippen LogP contribution in [0, 0.1) is 16.0 Å². The second-order valence-corrected chi connectivity index (χ2v) is 6.06. The molecule has 1 saturated heterocycles. The van der Waals surface area contributed by atoms with Crippen LogP contribution >= 0.6 is 11.6 Å². The van der Waals surface area contributed by atoms with Gasteiger partial charge < -0.3 is 4.90 Å². The standard InChI is InChI=1S/C15H19ClN2O2/c16-10-12-9-13(18(19)20)6-7-15(12)17-8-2-4-11-3-1-5-14(11)17/h6-7,9,11,14H,1-5,8,10H2. The molecule has 0 N–H and O–H groups in total. The summed E-state index contributed by atoms with van der Waals surface area (Å²) in [5.41, 5.74) is 2.11. The van der Waals surface area contributed by atoms with E-state index in [1.54, 1.807) is 12.1 Å². The summed E-state index contributed by atoms with van der Waals surface area (Å²) in [6.45, 7) is 1.04. The maximum Gasteiger partial charge on any atom is 0.269 e. The molecule has 1 saturated carbocycles. The Morgan fingerprint density at radius 3 is 2.85 bits per heavy atom. The molecule has 1 aliphatic heterocycles. The minimum Gasteiger partial charge on any atom is -0.368 e. The highest BCUT2D eigenvalue weighted by atomic mass is 35.5. The number of nitro benzene ring substituents is 1. The summed E-state index contributed by atoms with van der Waals surface area (Å²) in [7, 11) is 0. The first kappa shape index (κ1) is 13.7. The van der Waals surface area contributed by atoms with Crippen LogP contribution in [-0.4, -0.2) is 17.5 Å². The van der Waals surface area contributed by atoms with Gasteiger partial charge >= 0.3 is 0 Å². The number of hydrogen-bond donors (Lipinski definition) is 0. The fourth-order valence-electron chi connectivity index (χ4n) is 3.83. The third kappa shape index (κ3) is 2.37. The number of rotatable bonds is 3. The lowest BCUT2D eigenvalue weighted by molar-refractivity contribution is -0.384. The van der Waals surface area contributed by atoms with Gasteiger partial charge in [0.1, 0.15) is 0 Å². The zero-order valence-corrected chi connectivity index (χ0v) is 12.2. The Morgan fingerprint density at radius 2 is 2.10 bits per heavy atom. The lowest BCUT2D eigenvalue weighted by Gasteiger charge is -2.40. The molecule has 5 heteroatoms. The van der Waals surface area contributed by atoms with Gasteiger partial charge in [-0.25, -0.2) is 0 Å². The molecule has 2 aliphatic rings. The number of nitrogens with zero attached hydrogens (tertiary/aromatic N) is 2. The molecule has 1 heterocycles. The van der Waals surface area contributed by atoms with Crippen LogP contribution < -0.4 is 4.90 Å². The minimum absolute atomic E-state index is 0.129. The van der Waals surface area contributed by atoms with E-state index in [-0.39, 0.29) is 10.6 Å². The van der Waals surface area contributed by atoms with Gasteiger partial charge in [0.2, 0.25) is 0 Å². The number of halogens is 1. The van der Waals surface area contributed by atoms with Crippen LogP contribution in [0.1, 0.15) is 37.7 Å². The summed E-state index contributed by atoms with van der Waals surface area (Å²) in [5, 5.41) is 10.9. The van der Waals surface area contributed by atoms with Crippen molar-refractivity contribution < 1.29 is 4.92 Å². The van der Waals surface area contributed by atoms with E-state index >= 15 is 0 Å². The maximum absolute atomic E-state index is 10.9. The lowest BCUT2D eigenvalue weighted by atomic mass is 9.91. The summed E-state index contributed by atoms with van der Waals surface area (Å²) in [6.07, 6.45) is 6.40. The van der Waals surface area contributed by atoms with Crippen LogP contribution in [0.5, 0.6) is 0 Å². The molecule has 0 bridgehead atoms. The van der Waals surface area contributed by atoms with Crippen molar-refractivity contribution >= 4 is 23.0 Å². The van der Waals surface area contributed by atoms with Crippen LogP contribution in [0.25, 0.3) is 0 Å². The van der Waals surface area contributed by atoms with Crippen molar-refractivity contribution in [3.63, 3.8) is 0 Å². The van der Waals surface area contributed by atoms with Gasteiger partial charge in [0, 0.05) is 36.3 Å². The molecule has 4 nitrogen and oxygen atoms in total. The van der Waals surface area contributed by atoms with Gasteiger partial charge in [-0.05, 0) is 43.2 Å². The van der Waals surface area contributed by atoms with Crippen LogP contribution in [0.4, 0.5) is 11.4 Å². The normalized spacial score (nSPS) is 25.6. The van der Waals surface area contributed by atoms with Gasteiger partial charge in [0.25, 0.3) is 5.69 Å². The second kappa shape index (κ2) is 5.60. The summed E-state index contributed by atoms with van der Waals surface area (Å²) in [4.78, 5) is 13.0. The molecule has 108 valence electrons. The first-order chi connectivity index (χ1) is 9.70. The second-order valence-electron chi connectivity index (χ2n) is 5.80. The molecule has 0 amide bonds. The van der Waals surface area contributed by atoms with Crippen LogP contribution in [0.15, 0.2) is 18.2 Å². The fraction of sp³-hybridized carbons (Fsp3) is 0.600. The Balaban J connectivity index is 1.94. The molecule has 2 fully saturated rings. The summed E-state index contributed by atoms with van der Waals surface area (Å²) >= 11 is 6.02. The Kier molecular flexibility index (Phi) is 3.83. The van der Waals surface area contributed by atoms with Gasteiger partial charge in [-0.1, -0.05) is 6.42 Å².